The largest absolute Gasteiger partial charge is 0.481 e. The van der Waals surface area contributed by atoms with Crippen LogP contribution in [0.4, 0.5) is 0 Å². The smallest absolute Gasteiger partial charge is 0.303 e. The van der Waals surface area contributed by atoms with Crippen molar-refractivity contribution < 1.29 is 19.1 Å². The first-order valence-electron chi connectivity index (χ1n) is 8.68. The number of aliphatic carboxylic acids is 1. The molecule has 0 aliphatic rings. The minimum absolute atomic E-state index is 0.00500. The Hall–Kier alpha value is -3.35. The molecular weight excluding hydrogens is 346 g/mol. The number of carbonyl (C=O) groups is 2. The van der Waals surface area contributed by atoms with Crippen LogP contribution in [-0.2, 0) is 4.79 Å². The highest BCUT2D eigenvalue weighted by atomic mass is 16.4. The molecule has 0 saturated carbocycles. The molecule has 140 valence electrons. The lowest BCUT2D eigenvalue weighted by molar-refractivity contribution is -0.137. The lowest BCUT2D eigenvalue weighted by Gasteiger charge is -2.12. The van der Waals surface area contributed by atoms with E-state index in [0.29, 0.717) is 23.4 Å². The lowest BCUT2D eigenvalue weighted by atomic mass is 10.1. The quantitative estimate of drug-likeness (QED) is 0.667. The number of amides is 1. The van der Waals surface area contributed by atoms with Gasteiger partial charge in [0.25, 0.3) is 5.91 Å². The number of benzene rings is 1. The fourth-order valence-electron chi connectivity index (χ4n) is 2.71. The molecular formula is C20H21N3O4. The highest BCUT2D eigenvalue weighted by Gasteiger charge is 2.22. The number of nitrogens with zero attached hydrogens (tertiary/aromatic N) is 2. The number of furan rings is 1. The van der Waals surface area contributed by atoms with Crippen LogP contribution in [0.3, 0.4) is 0 Å². The maximum absolute atomic E-state index is 12.8. The van der Waals surface area contributed by atoms with Gasteiger partial charge >= 0.3 is 5.97 Å². The van der Waals surface area contributed by atoms with Crippen LogP contribution in [-0.4, -0.2) is 32.8 Å². The second-order valence-electron chi connectivity index (χ2n) is 6.39. The van der Waals surface area contributed by atoms with E-state index in [4.69, 9.17) is 9.52 Å². The summed E-state index contributed by atoms with van der Waals surface area (Å²) in [6, 6.07) is 12.8. The van der Waals surface area contributed by atoms with Gasteiger partial charge in [0.2, 0.25) is 0 Å². The van der Waals surface area contributed by atoms with Crippen molar-refractivity contribution in [2.24, 2.45) is 0 Å². The lowest BCUT2D eigenvalue weighted by Crippen LogP contribution is -2.33. The van der Waals surface area contributed by atoms with Crippen molar-refractivity contribution in [3.63, 3.8) is 0 Å². The fraction of sp³-hybridized carbons (Fsp3) is 0.250. The summed E-state index contributed by atoms with van der Waals surface area (Å²) in [7, 11) is 0. The average molecular weight is 367 g/mol. The molecule has 3 aromatic rings. The van der Waals surface area contributed by atoms with Gasteiger partial charge in [-0.3, -0.25) is 9.59 Å². The minimum atomic E-state index is -0.889. The summed E-state index contributed by atoms with van der Waals surface area (Å²) < 4.78 is 7.29. The number of rotatable bonds is 7. The molecule has 3 rings (SSSR count). The Labute approximate surface area is 156 Å². The van der Waals surface area contributed by atoms with Gasteiger partial charge < -0.3 is 14.8 Å². The number of carbonyl (C=O) groups excluding carboxylic acids is 1. The predicted molar refractivity (Wildman–Crippen MR) is 99.8 cm³/mol. The number of aryl methyl sites for hydroxylation is 1. The fourth-order valence-corrected chi connectivity index (χ4v) is 2.71. The van der Waals surface area contributed by atoms with Crippen LogP contribution in [0.2, 0.25) is 0 Å². The molecule has 0 saturated heterocycles. The standard InChI is InChI=1S/C20H21N3O4/c1-13(8-11-18(24)25)21-20(26)16-12-23(15-6-4-3-5-7-15)22-19(16)17-10-9-14(2)27-17/h3-7,9-10,12-13H,8,11H2,1-2H3,(H,21,26)(H,24,25). The Morgan fingerprint density at radius 2 is 1.96 bits per heavy atom. The number of carboxylic acid groups (broad SMARTS) is 1. The molecule has 1 aromatic carbocycles. The van der Waals surface area contributed by atoms with E-state index in [9.17, 15) is 9.59 Å². The van der Waals surface area contributed by atoms with Crippen molar-refractivity contribution in [1.82, 2.24) is 15.1 Å². The second kappa shape index (κ2) is 7.90. The summed E-state index contributed by atoms with van der Waals surface area (Å²) in [6.07, 6.45) is 2.00. The van der Waals surface area contributed by atoms with Crippen LogP contribution < -0.4 is 5.32 Å². The van der Waals surface area contributed by atoms with Crippen LogP contribution in [0.15, 0.2) is 53.1 Å². The summed E-state index contributed by atoms with van der Waals surface area (Å²) in [5.74, 6) is 0.0184. The highest BCUT2D eigenvalue weighted by molar-refractivity contribution is 5.99. The van der Waals surface area contributed by atoms with Gasteiger partial charge in [0.15, 0.2) is 5.76 Å². The van der Waals surface area contributed by atoms with E-state index in [2.05, 4.69) is 10.4 Å². The van der Waals surface area contributed by atoms with Gasteiger partial charge in [-0.25, -0.2) is 4.68 Å². The summed E-state index contributed by atoms with van der Waals surface area (Å²) in [4.78, 5) is 23.5. The monoisotopic (exact) mass is 367 g/mol. The van der Waals surface area contributed by atoms with Gasteiger partial charge in [-0.1, -0.05) is 18.2 Å². The Balaban J connectivity index is 1.91. The van der Waals surface area contributed by atoms with Crippen molar-refractivity contribution in [3.05, 3.63) is 60.0 Å². The van der Waals surface area contributed by atoms with Crippen LogP contribution in [0.1, 0.15) is 35.9 Å². The Bertz CT molecular complexity index is 943. The minimum Gasteiger partial charge on any atom is -0.481 e. The number of nitrogens with one attached hydrogen (secondary N) is 1. The molecule has 27 heavy (non-hydrogen) atoms. The van der Waals surface area contributed by atoms with Gasteiger partial charge in [-0.15, -0.1) is 0 Å². The summed E-state index contributed by atoms with van der Waals surface area (Å²) in [6.45, 7) is 3.60. The molecule has 1 unspecified atom stereocenters. The molecule has 7 heteroatoms. The van der Waals surface area contributed by atoms with E-state index in [1.54, 1.807) is 23.9 Å². The summed E-state index contributed by atoms with van der Waals surface area (Å²) in [5.41, 5.74) is 1.63. The number of hydrogen-bond donors (Lipinski definition) is 2. The zero-order valence-electron chi connectivity index (χ0n) is 15.2. The maximum Gasteiger partial charge on any atom is 0.303 e. The summed E-state index contributed by atoms with van der Waals surface area (Å²) >= 11 is 0. The molecule has 0 aliphatic heterocycles. The highest BCUT2D eigenvalue weighted by Crippen LogP contribution is 2.26. The van der Waals surface area contributed by atoms with Gasteiger partial charge in [0, 0.05) is 18.7 Å². The van der Waals surface area contributed by atoms with E-state index in [1.807, 2.05) is 43.3 Å². The van der Waals surface area contributed by atoms with E-state index < -0.39 is 5.97 Å². The first-order chi connectivity index (χ1) is 12.9. The Morgan fingerprint density at radius 3 is 2.59 bits per heavy atom. The molecule has 0 fully saturated rings. The molecule has 0 bridgehead atoms. The zero-order valence-corrected chi connectivity index (χ0v) is 15.2. The van der Waals surface area contributed by atoms with Gasteiger partial charge in [-0.2, -0.15) is 5.10 Å². The van der Waals surface area contributed by atoms with Gasteiger partial charge in [0.05, 0.1) is 11.3 Å². The number of aromatic nitrogens is 2. The van der Waals surface area contributed by atoms with Crippen molar-refractivity contribution >= 4 is 11.9 Å². The third-order valence-corrected chi connectivity index (χ3v) is 4.12. The summed E-state index contributed by atoms with van der Waals surface area (Å²) in [5, 5.41) is 16.2. The molecule has 1 atom stereocenters. The van der Waals surface area contributed by atoms with Crippen molar-refractivity contribution in [3.8, 4) is 17.1 Å². The van der Waals surface area contributed by atoms with Gasteiger partial charge in [0.1, 0.15) is 11.5 Å². The SMILES string of the molecule is Cc1ccc(-c2nn(-c3ccccc3)cc2C(=O)NC(C)CCC(=O)O)o1. The molecule has 2 N–H and O–H groups in total. The number of para-hydroxylation sites is 1. The normalized spacial score (nSPS) is 11.9. The zero-order chi connectivity index (χ0) is 19.4. The average Bonchev–Trinajstić information content (AvgIpc) is 3.27. The van der Waals surface area contributed by atoms with Crippen molar-refractivity contribution in [2.75, 3.05) is 0 Å². The van der Waals surface area contributed by atoms with E-state index in [0.717, 1.165) is 11.4 Å². The van der Waals surface area contributed by atoms with E-state index in [-0.39, 0.29) is 18.4 Å². The van der Waals surface area contributed by atoms with E-state index >= 15 is 0 Å². The molecule has 0 radical (unpaired) electrons. The van der Waals surface area contributed by atoms with Crippen LogP contribution >= 0.6 is 0 Å². The molecule has 0 aliphatic carbocycles. The molecule has 2 aromatic heterocycles. The predicted octanol–water partition coefficient (Wildman–Crippen LogP) is 3.42. The van der Waals surface area contributed by atoms with Crippen LogP contribution in [0.25, 0.3) is 17.1 Å². The van der Waals surface area contributed by atoms with Gasteiger partial charge in [-0.05, 0) is 44.5 Å². The first kappa shape index (κ1) is 18.4. The van der Waals surface area contributed by atoms with Crippen molar-refractivity contribution in [1.29, 1.82) is 0 Å². The van der Waals surface area contributed by atoms with E-state index in [1.165, 1.54) is 0 Å². The topological polar surface area (TPSA) is 97.4 Å². The third-order valence-electron chi connectivity index (χ3n) is 4.12. The Kier molecular flexibility index (Phi) is 5.40. The molecule has 0 spiro atoms. The Morgan fingerprint density at radius 1 is 1.22 bits per heavy atom. The van der Waals surface area contributed by atoms with Crippen LogP contribution in [0, 0.1) is 6.92 Å². The third kappa shape index (κ3) is 4.44. The van der Waals surface area contributed by atoms with Crippen LogP contribution in [0.5, 0.6) is 0 Å². The maximum atomic E-state index is 12.8. The molecule has 2 heterocycles. The molecule has 1 amide bonds. The number of carboxylic acids is 1. The first-order valence-corrected chi connectivity index (χ1v) is 8.68. The van der Waals surface area contributed by atoms with Crippen molar-refractivity contribution in [2.45, 2.75) is 32.7 Å². The second-order valence-corrected chi connectivity index (χ2v) is 6.39. The number of hydrogen-bond acceptors (Lipinski definition) is 4. The molecule has 7 nitrogen and oxygen atoms in total.